The van der Waals surface area contributed by atoms with Gasteiger partial charge in [0.2, 0.25) is 15.6 Å². The number of para-hydroxylation sites is 1. The summed E-state index contributed by atoms with van der Waals surface area (Å²) in [5, 5.41) is 11.2. The summed E-state index contributed by atoms with van der Waals surface area (Å²) in [6.07, 6.45) is 0. The lowest BCUT2D eigenvalue weighted by Crippen LogP contribution is -2.25. The van der Waals surface area contributed by atoms with E-state index in [2.05, 4.69) is 0 Å². The molecule has 4 rings (SSSR count). The van der Waals surface area contributed by atoms with Crippen molar-refractivity contribution in [3.8, 4) is 11.5 Å². The van der Waals surface area contributed by atoms with Crippen LogP contribution in [0.3, 0.4) is 0 Å². The van der Waals surface area contributed by atoms with Crippen molar-refractivity contribution >= 4 is 26.5 Å². The number of carbonyl (C=O) groups is 1. The highest BCUT2D eigenvalue weighted by Crippen LogP contribution is 2.36. The molecule has 174 valence electrons. The van der Waals surface area contributed by atoms with Gasteiger partial charge in [-0.25, -0.2) is 8.42 Å². The number of fused-ring (bicyclic) bond motifs is 1. The lowest BCUT2D eigenvalue weighted by Gasteiger charge is -2.16. The summed E-state index contributed by atoms with van der Waals surface area (Å²) in [4.78, 5) is 26.4. The fourth-order valence-corrected chi connectivity index (χ4v) is 5.52. The maximum absolute atomic E-state index is 13.5. The second-order valence-corrected chi connectivity index (χ2v) is 9.94. The Hall–Kier alpha value is -3.91. The van der Waals surface area contributed by atoms with Crippen LogP contribution in [0.1, 0.15) is 27.0 Å². The molecule has 0 aliphatic carbocycles. The van der Waals surface area contributed by atoms with Crippen LogP contribution < -0.4 is 10.3 Å². The number of aryl methyl sites for hydroxylation is 2. The van der Waals surface area contributed by atoms with E-state index in [-0.39, 0.29) is 32.2 Å². The van der Waals surface area contributed by atoms with E-state index < -0.39 is 26.9 Å². The lowest BCUT2D eigenvalue weighted by molar-refractivity contribution is 0.103. The molecule has 8 heteroatoms. The van der Waals surface area contributed by atoms with E-state index in [0.29, 0.717) is 10.9 Å². The lowest BCUT2D eigenvalue weighted by atomic mass is 9.97. The van der Waals surface area contributed by atoms with Gasteiger partial charge in [0, 0.05) is 23.6 Å². The van der Waals surface area contributed by atoms with E-state index in [4.69, 9.17) is 4.74 Å². The van der Waals surface area contributed by atoms with E-state index in [9.17, 15) is 23.1 Å². The van der Waals surface area contributed by atoms with Crippen molar-refractivity contribution in [3.05, 3.63) is 93.3 Å². The van der Waals surface area contributed by atoms with Crippen molar-refractivity contribution in [3.63, 3.8) is 0 Å². The van der Waals surface area contributed by atoms with Crippen molar-refractivity contribution in [1.29, 1.82) is 0 Å². The van der Waals surface area contributed by atoms with E-state index in [1.807, 2.05) is 6.92 Å². The first kappa shape index (κ1) is 23.3. The highest BCUT2D eigenvalue weighted by molar-refractivity contribution is 7.91. The van der Waals surface area contributed by atoms with Crippen molar-refractivity contribution in [1.82, 2.24) is 4.57 Å². The molecule has 7 nitrogen and oxygen atoms in total. The van der Waals surface area contributed by atoms with Gasteiger partial charge in [0.15, 0.2) is 0 Å². The van der Waals surface area contributed by atoms with E-state index in [1.54, 1.807) is 43.3 Å². The summed E-state index contributed by atoms with van der Waals surface area (Å²) in [7, 11) is -1.10. The molecule has 0 aliphatic heterocycles. The number of methoxy groups -OCH3 is 1. The maximum atomic E-state index is 13.5. The topological polar surface area (TPSA) is 103 Å². The number of sulfone groups is 1. The number of ketones is 1. The van der Waals surface area contributed by atoms with Gasteiger partial charge in [-0.1, -0.05) is 29.8 Å². The molecule has 0 aliphatic rings. The molecule has 0 unspecified atom stereocenters. The van der Waals surface area contributed by atoms with Gasteiger partial charge in [-0.2, -0.15) is 0 Å². The monoisotopic (exact) mass is 477 g/mol. The Morgan fingerprint density at radius 2 is 1.62 bits per heavy atom. The summed E-state index contributed by atoms with van der Waals surface area (Å²) in [6.45, 7) is 3.40. The minimum atomic E-state index is -3.93. The molecule has 0 atom stereocenters. The summed E-state index contributed by atoms with van der Waals surface area (Å²) < 4.78 is 33.2. The first-order valence-electron chi connectivity index (χ1n) is 10.4. The van der Waals surface area contributed by atoms with Crippen molar-refractivity contribution in [2.75, 3.05) is 7.11 Å². The van der Waals surface area contributed by atoms with Gasteiger partial charge in [-0.15, -0.1) is 0 Å². The third-order valence-electron chi connectivity index (χ3n) is 5.94. The molecular formula is C26H23NO6S. The minimum Gasteiger partial charge on any atom is -0.506 e. The second-order valence-electron chi connectivity index (χ2n) is 8.02. The zero-order valence-electron chi connectivity index (χ0n) is 19.1. The van der Waals surface area contributed by atoms with Crippen LogP contribution in [-0.4, -0.2) is 31.0 Å². The highest BCUT2D eigenvalue weighted by atomic mass is 32.2. The molecule has 3 aromatic carbocycles. The smallest absolute Gasteiger partial charge is 0.265 e. The van der Waals surface area contributed by atoms with Crippen LogP contribution in [0.15, 0.2) is 75.2 Å². The number of aromatic hydroxyl groups is 1. The van der Waals surface area contributed by atoms with E-state index >= 15 is 0 Å². The molecule has 1 aromatic heterocycles. The van der Waals surface area contributed by atoms with Crippen LogP contribution in [0.4, 0.5) is 0 Å². The molecule has 0 amide bonds. The Labute approximate surface area is 196 Å². The summed E-state index contributed by atoms with van der Waals surface area (Å²) in [6, 6.07) is 15.8. The molecular weight excluding hydrogens is 454 g/mol. The molecule has 0 fully saturated rings. The fourth-order valence-electron chi connectivity index (χ4n) is 4.04. The van der Waals surface area contributed by atoms with Gasteiger partial charge in [-0.05, 0) is 50.2 Å². The summed E-state index contributed by atoms with van der Waals surface area (Å²) >= 11 is 0. The SMILES string of the molecule is COc1c(S(=O)(=O)c2ccc(C)cc2)ccc(C(=O)c2c(O)c3ccccc3n(C)c2=O)c1C. The number of hydrogen-bond donors (Lipinski definition) is 1. The van der Waals surface area contributed by atoms with Gasteiger partial charge in [-0.3, -0.25) is 9.59 Å². The normalized spacial score (nSPS) is 11.5. The highest BCUT2D eigenvalue weighted by Gasteiger charge is 2.29. The Bertz CT molecular complexity index is 1620. The second kappa shape index (κ2) is 8.46. The van der Waals surface area contributed by atoms with Gasteiger partial charge in [0.25, 0.3) is 5.56 Å². The maximum Gasteiger partial charge on any atom is 0.265 e. The summed E-state index contributed by atoms with van der Waals surface area (Å²) in [5.41, 5.74) is 0.657. The Morgan fingerprint density at radius 1 is 0.971 bits per heavy atom. The average Bonchev–Trinajstić information content (AvgIpc) is 2.82. The molecule has 1 heterocycles. The number of hydrogen-bond acceptors (Lipinski definition) is 6. The number of ether oxygens (including phenoxy) is 1. The molecule has 0 spiro atoms. The van der Waals surface area contributed by atoms with Crippen molar-refractivity contribution in [2.24, 2.45) is 7.05 Å². The Balaban J connectivity index is 1.91. The van der Waals surface area contributed by atoms with Crippen molar-refractivity contribution in [2.45, 2.75) is 23.6 Å². The van der Waals surface area contributed by atoms with Crippen LogP contribution in [0.25, 0.3) is 10.9 Å². The third kappa shape index (κ3) is 3.56. The first-order valence-corrected chi connectivity index (χ1v) is 11.9. The predicted octanol–water partition coefficient (Wildman–Crippen LogP) is 3.93. The number of aromatic nitrogens is 1. The third-order valence-corrected chi connectivity index (χ3v) is 7.74. The number of nitrogens with zero attached hydrogens (tertiary/aromatic N) is 1. The molecule has 0 saturated heterocycles. The molecule has 34 heavy (non-hydrogen) atoms. The van der Waals surface area contributed by atoms with Gasteiger partial charge in [0.05, 0.1) is 17.5 Å². The molecule has 4 aromatic rings. The fraction of sp³-hybridized carbons (Fsp3) is 0.154. The van der Waals surface area contributed by atoms with Gasteiger partial charge < -0.3 is 14.4 Å². The van der Waals surface area contributed by atoms with E-state index in [1.165, 1.54) is 43.0 Å². The zero-order chi connectivity index (χ0) is 24.8. The predicted molar refractivity (Wildman–Crippen MR) is 129 cm³/mol. The van der Waals surface area contributed by atoms with Crippen molar-refractivity contribution < 1.29 is 23.1 Å². The first-order chi connectivity index (χ1) is 16.1. The number of carbonyl (C=O) groups excluding carboxylic acids is 1. The largest absolute Gasteiger partial charge is 0.506 e. The molecule has 1 N–H and O–H groups in total. The van der Waals surface area contributed by atoms with Crippen LogP contribution in [0, 0.1) is 13.8 Å². The quantitative estimate of drug-likeness (QED) is 0.437. The molecule has 0 bridgehead atoms. The standard InChI is InChI=1S/C26H23NO6S/c1-15-9-11-17(12-10-15)34(31,32)21-14-13-18(16(2)25(21)33-4)23(28)22-24(29)19-7-5-6-8-20(19)27(3)26(22)30/h5-14,29H,1-4H3. The van der Waals surface area contributed by atoms with E-state index in [0.717, 1.165) is 5.56 Å². The molecule has 0 radical (unpaired) electrons. The minimum absolute atomic E-state index is 0.00327. The van der Waals surface area contributed by atoms with Gasteiger partial charge >= 0.3 is 0 Å². The van der Waals surface area contributed by atoms with Crippen LogP contribution >= 0.6 is 0 Å². The number of benzene rings is 3. The van der Waals surface area contributed by atoms with Crippen LogP contribution in [-0.2, 0) is 16.9 Å². The van der Waals surface area contributed by atoms with Crippen LogP contribution in [0.5, 0.6) is 11.5 Å². The summed E-state index contributed by atoms with van der Waals surface area (Å²) in [5.74, 6) is -1.14. The van der Waals surface area contributed by atoms with Gasteiger partial charge in [0.1, 0.15) is 22.0 Å². The number of rotatable bonds is 5. The Morgan fingerprint density at radius 3 is 2.26 bits per heavy atom. The van der Waals surface area contributed by atoms with Crippen LogP contribution in [0.2, 0.25) is 0 Å². The zero-order valence-corrected chi connectivity index (χ0v) is 19.9. The average molecular weight is 478 g/mol. The Kier molecular flexibility index (Phi) is 5.79. The number of pyridine rings is 1. The molecule has 0 saturated carbocycles.